The van der Waals surface area contributed by atoms with Crippen molar-refractivity contribution in [3.8, 4) is 22.3 Å². The van der Waals surface area contributed by atoms with Crippen LogP contribution in [0, 0.1) is 6.92 Å². The Morgan fingerprint density at radius 3 is 2.00 bits per heavy atom. The Bertz CT molecular complexity index is 2700. The molecule has 0 saturated carbocycles. The first-order valence-corrected chi connectivity index (χ1v) is 18.0. The van der Waals surface area contributed by atoms with Crippen molar-refractivity contribution in [2.45, 2.75) is 38.5 Å². The van der Waals surface area contributed by atoms with E-state index in [0.29, 0.717) is 5.92 Å². The molecule has 2 aliphatic rings. The van der Waals surface area contributed by atoms with Crippen LogP contribution in [0.1, 0.15) is 48.3 Å². The van der Waals surface area contributed by atoms with Gasteiger partial charge in [-0.3, -0.25) is 4.99 Å². The van der Waals surface area contributed by atoms with Crippen LogP contribution in [0.2, 0.25) is 0 Å². The third-order valence-electron chi connectivity index (χ3n) is 11.1. The second-order valence-electron chi connectivity index (χ2n) is 14.2. The first kappa shape index (κ1) is 29.2. The van der Waals surface area contributed by atoms with Crippen molar-refractivity contribution in [3.63, 3.8) is 0 Å². The Morgan fingerprint density at radius 1 is 0.560 bits per heavy atom. The SMILES string of the molecule is Cc1ccc2cc(-c3ccc4ccc5c(-c6ccc(C7=Nc8ccccc8C(C8=CCCCC=C8)C7)cc6)ccc6ccc3c4c65)ccc2c1. The minimum Gasteiger partial charge on any atom is -0.253 e. The minimum absolute atomic E-state index is 0.342. The first-order chi connectivity index (χ1) is 24.7. The maximum absolute atomic E-state index is 5.21. The van der Waals surface area contributed by atoms with Crippen LogP contribution in [0.25, 0.3) is 65.3 Å². The highest BCUT2D eigenvalue weighted by Gasteiger charge is 2.26. The molecule has 0 spiro atoms. The van der Waals surface area contributed by atoms with Crippen LogP contribution in [-0.2, 0) is 0 Å². The van der Waals surface area contributed by atoms with E-state index < -0.39 is 0 Å². The maximum atomic E-state index is 5.21. The Hall–Kier alpha value is -5.79. The van der Waals surface area contributed by atoms with E-state index in [9.17, 15) is 0 Å². The number of para-hydroxylation sites is 1. The molecule has 0 bridgehead atoms. The Kier molecular flexibility index (Phi) is 6.81. The number of aliphatic imine (C=N–C) groups is 1. The van der Waals surface area contributed by atoms with E-state index in [0.717, 1.165) is 24.9 Å². The van der Waals surface area contributed by atoms with Gasteiger partial charge in [-0.15, -0.1) is 0 Å². The molecule has 1 nitrogen and oxygen atoms in total. The van der Waals surface area contributed by atoms with Gasteiger partial charge in [0.1, 0.15) is 0 Å². The third-order valence-corrected chi connectivity index (χ3v) is 11.1. The van der Waals surface area contributed by atoms with Gasteiger partial charge in [0.2, 0.25) is 0 Å². The van der Waals surface area contributed by atoms with Crippen LogP contribution in [0.4, 0.5) is 5.69 Å². The van der Waals surface area contributed by atoms with Crippen molar-refractivity contribution >= 4 is 54.5 Å². The van der Waals surface area contributed by atoms with Crippen LogP contribution in [0.5, 0.6) is 0 Å². The quantitative estimate of drug-likeness (QED) is 0.170. The molecule has 8 aromatic carbocycles. The summed E-state index contributed by atoms with van der Waals surface area (Å²) in [6, 6.07) is 49.9. The molecule has 1 aliphatic carbocycles. The number of hydrogen-bond acceptors (Lipinski definition) is 1. The summed E-state index contributed by atoms with van der Waals surface area (Å²) >= 11 is 0. The Morgan fingerprint density at radius 2 is 1.20 bits per heavy atom. The summed E-state index contributed by atoms with van der Waals surface area (Å²) in [5, 5.41) is 10.4. The fraction of sp³-hybridized carbons (Fsp3) is 0.122. The number of rotatable bonds is 4. The molecule has 1 heterocycles. The molecule has 0 fully saturated rings. The number of hydrogen-bond donors (Lipinski definition) is 0. The fourth-order valence-corrected chi connectivity index (χ4v) is 8.59. The van der Waals surface area contributed by atoms with Crippen LogP contribution in [0.15, 0.2) is 162 Å². The maximum Gasteiger partial charge on any atom is 0.0671 e. The van der Waals surface area contributed by atoms with Crippen molar-refractivity contribution < 1.29 is 0 Å². The Labute approximate surface area is 293 Å². The molecular formula is C49H37N. The van der Waals surface area contributed by atoms with E-state index in [4.69, 9.17) is 4.99 Å². The molecule has 0 N–H and O–H groups in total. The zero-order valence-electron chi connectivity index (χ0n) is 28.3. The highest BCUT2D eigenvalue weighted by atomic mass is 14.8. The summed E-state index contributed by atoms with van der Waals surface area (Å²) in [4.78, 5) is 5.21. The molecule has 0 amide bonds. The van der Waals surface area contributed by atoms with Crippen molar-refractivity contribution in [1.29, 1.82) is 0 Å². The van der Waals surface area contributed by atoms with Crippen LogP contribution < -0.4 is 0 Å². The summed E-state index contributed by atoms with van der Waals surface area (Å²) in [7, 11) is 0. The van der Waals surface area contributed by atoms with E-state index >= 15 is 0 Å². The Balaban J connectivity index is 1.05. The van der Waals surface area contributed by atoms with E-state index in [1.807, 2.05) is 0 Å². The predicted octanol–water partition coefficient (Wildman–Crippen LogP) is 13.7. The third kappa shape index (κ3) is 4.80. The standard InChI is InChI=1S/C49H37N/c1-31-12-13-38-29-39(19-18-37(38)28-31)41-25-21-36-22-26-43-40(24-20-35-23-27-44(41)49(36)48(35)43)33-14-16-34(17-15-33)47-30-45(32-8-4-2-3-5-9-32)42-10-6-7-11-46(42)50-47/h4,6-29,45H,2-3,5,30H2,1H3. The van der Waals surface area contributed by atoms with Crippen LogP contribution in [-0.4, -0.2) is 5.71 Å². The van der Waals surface area contributed by atoms with Crippen molar-refractivity contribution in [1.82, 2.24) is 0 Å². The second kappa shape index (κ2) is 11.7. The summed E-state index contributed by atoms with van der Waals surface area (Å²) < 4.78 is 0. The average Bonchev–Trinajstić information content (AvgIpc) is 3.46. The van der Waals surface area contributed by atoms with Crippen LogP contribution >= 0.6 is 0 Å². The molecule has 1 unspecified atom stereocenters. The van der Waals surface area contributed by atoms with Gasteiger partial charge in [-0.1, -0.05) is 145 Å². The number of aryl methyl sites for hydroxylation is 1. The van der Waals surface area contributed by atoms with Crippen molar-refractivity contribution in [2.75, 3.05) is 0 Å². The van der Waals surface area contributed by atoms with E-state index in [-0.39, 0.29) is 0 Å². The second-order valence-corrected chi connectivity index (χ2v) is 14.2. The zero-order valence-corrected chi connectivity index (χ0v) is 28.3. The predicted molar refractivity (Wildman–Crippen MR) is 214 cm³/mol. The molecule has 1 atom stereocenters. The lowest BCUT2D eigenvalue weighted by Crippen LogP contribution is -2.14. The molecule has 238 valence electrons. The number of allylic oxidation sites excluding steroid dienone is 4. The smallest absolute Gasteiger partial charge is 0.0671 e. The minimum atomic E-state index is 0.342. The van der Waals surface area contributed by atoms with Crippen molar-refractivity contribution in [2.24, 2.45) is 4.99 Å². The molecule has 0 aromatic heterocycles. The van der Waals surface area contributed by atoms with Crippen molar-refractivity contribution in [3.05, 3.63) is 174 Å². The van der Waals surface area contributed by atoms with Gasteiger partial charge in [0.15, 0.2) is 0 Å². The van der Waals surface area contributed by atoms with E-state index in [1.54, 1.807) is 0 Å². The first-order valence-electron chi connectivity index (χ1n) is 18.0. The monoisotopic (exact) mass is 639 g/mol. The highest BCUT2D eigenvalue weighted by molar-refractivity contribution is 6.27. The topological polar surface area (TPSA) is 12.4 Å². The molecule has 0 saturated heterocycles. The summed E-state index contributed by atoms with van der Waals surface area (Å²) in [6.45, 7) is 2.16. The summed E-state index contributed by atoms with van der Waals surface area (Å²) in [5.74, 6) is 0.342. The van der Waals surface area contributed by atoms with E-state index in [2.05, 4.69) is 159 Å². The molecule has 50 heavy (non-hydrogen) atoms. The largest absolute Gasteiger partial charge is 0.253 e. The van der Waals surface area contributed by atoms with E-state index in [1.165, 1.54) is 99.7 Å². The zero-order chi connectivity index (χ0) is 33.2. The summed E-state index contributed by atoms with van der Waals surface area (Å²) in [6.07, 6.45) is 11.6. The van der Waals surface area contributed by atoms with Gasteiger partial charge >= 0.3 is 0 Å². The lowest BCUT2D eigenvalue weighted by molar-refractivity contribution is 0.825. The normalized spacial score (nSPS) is 16.1. The van der Waals surface area contributed by atoms with Gasteiger partial charge in [-0.05, 0) is 120 Å². The molecule has 0 radical (unpaired) electrons. The molecular weight excluding hydrogens is 603 g/mol. The number of fused-ring (bicyclic) bond motifs is 2. The highest BCUT2D eigenvalue weighted by Crippen LogP contribution is 2.44. The average molecular weight is 640 g/mol. The van der Waals surface area contributed by atoms with Gasteiger partial charge in [0.05, 0.1) is 5.69 Å². The van der Waals surface area contributed by atoms with Gasteiger partial charge in [-0.2, -0.15) is 0 Å². The molecule has 1 aliphatic heterocycles. The van der Waals surface area contributed by atoms with Gasteiger partial charge in [0, 0.05) is 18.1 Å². The van der Waals surface area contributed by atoms with Gasteiger partial charge in [0.25, 0.3) is 0 Å². The van der Waals surface area contributed by atoms with Gasteiger partial charge < -0.3 is 0 Å². The fourth-order valence-electron chi connectivity index (χ4n) is 8.59. The lowest BCUT2D eigenvalue weighted by Gasteiger charge is -2.26. The molecule has 8 aromatic rings. The van der Waals surface area contributed by atoms with Crippen LogP contribution in [0.3, 0.4) is 0 Å². The molecule has 1 heteroatoms. The summed E-state index contributed by atoms with van der Waals surface area (Å²) in [5.41, 5.74) is 12.6. The molecule has 10 rings (SSSR count). The van der Waals surface area contributed by atoms with Gasteiger partial charge in [-0.25, -0.2) is 0 Å². The lowest BCUT2D eigenvalue weighted by atomic mass is 9.81. The number of benzene rings is 8. The number of nitrogens with zero attached hydrogens (tertiary/aromatic N) is 1.